The van der Waals surface area contributed by atoms with Crippen LogP contribution in [0.25, 0.3) is 0 Å². The minimum Gasteiger partial charge on any atom is -0.489 e. The summed E-state index contributed by atoms with van der Waals surface area (Å²) in [4.78, 5) is 35.7. The number of esters is 1. The van der Waals surface area contributed by atoms with Gasteiger partial charge in [-0.15, -0.1) is 0 Å². The molecule has 30 heavy (non-hydrogen) atoms. The van der Waals surface area contributed by atoms with Gasteiger partial charge in [0.15, 0.2) is 6.61 Å². The molecule has 0 heterocycles. The molecule has 3 rings (SSSR count). The molecule has 8 heteroatoms. The van der Waals surface area contributed by atoms with E-state index in [9.17, 15) is 18.8 Å². The lowest BCUT2D eigenvalue weighted by atomic mass is 10.2. The normalized spacial score (nSPS) is 13.5. The van der Waals surface area contributed by atoms with Gasteiger partial charge in [0, 0.05) is 6.04 Å². The average molecular weight is 414 g/mol. The smallest absolute Gasteiger partial charge is 0.338 e. The minimum absolute atomic E-state index is 0.0815. The summed E-state index contributed by atoms with van der Waals surface area (Å²) in [7, 11) is 0. The van der Waals surface area contributed by atoms with Crippen molar-refractivity contribution in [1.82, 2.24) is 10.6 Å². The lowest BCUT2D eigenvalue weighted by Crippen LogP contribution is -2.44. The van der Waals surface area contributed by atoms with E-state index >= 15 is 0 Å². The van der Waals surface area contributed by atoms with Crippen LogP contribution in [0.2, 0.25) is 0 Å². The van der Waals surface area contributed by atoms with Crippen molar-refractivity contribution in [3.05, 3.63) is 65.5 Å². The van der Waals surface area contributed by atoms with Crippen molar-refractivity contribution in [3.63, 3.8) is 0 Å². The van der Waals surface area contributed by atoms with Gasteiger partial charge < -0.3 is 14.8 Å². The lowest BCUT2D eigenvalue weighted by Gasteiger charge is -2.12. The van der Waals surface area contributed by atoms with E-state index in [4.69, 9.17) is 9.47 Å². The Hall–Kier alpha value is -3.42. The van der Waals surface area contributed by atoms with Crippen LogP contribution < -0.4 is 15.4 Å². The number of ether oxygens (including phenoxy) is 2. The van der Waals surface area contributed by atoms with Crippen LogP contribution in [-0.4, -0.2) is 30.6 Å². The second-order valence-electron chi connectivity index (χ2n) is 7.02. The first-order valence-corrected chi connectivity index (χ1v) is 9.74. The van der Waals surface area contributed by atoms with Gasteiger partial charge in [0.1, 0.15) is 18.2 Å². The van der Waals surface area contributed by atoms with Gasteiger partial charge in [0.05, 0.1) is 5.56 Å². The molecular weight excluding hydrogens is 391 g/mol. The zero-order valence-corrected chi connectivity index (χ0v) is 16.4. The van der Waals surface area contributed by atoms with E-state index in [0.29, 0.717) is 5.75 Å². The molecule has 0 aromatic heterocycles. The Morgan fingerprint density at radius 3 is 2.50 bits per heavy atom. The number of hydrogen-bond donors (Lipinski definition) is 2. The summed E-state index contributed by atoms with van der Waals surface area (Å²) in [6.45, 7) is -0.366. The second-order valence-corrected chi connectivity index (χ2v) is 7.02. The molecule has 3 amide bonds. The quantitative estimate of drug-likeness (QED) is 0.678. The molecule has 2 aromatic carbocycles. The van der Waals surface area contributed by atoms with Crippen molar-refractivity contribution < 1.29 is 28.2 Å². The molecule has 0 atom stereocenters. The first-order valence-electron chi connectivity index (χ1n) is 9.74. The molecule has 0 spiro atoms. The molecule has 1 aliphatic rings. The summed E-state index contributed by atoms with van der Waals surface area (Å²) < 4.78 is 23.5. The van der Waals surface area contributed by atoms with E-state index in [-0.39, 0.29) is 24.0 Å². The Labute approximate surface area is 173 Å². The largest absolute Gasteiger partial charge is 0.489 e. The lowest BCUT2D eigenvalue weighted by molar-refractivity contribution is -0.123. The third-order valence-corrected chi connectivity index (χ3v) is 4.67. The topological polar surface area (TPSA) is 93.7 Å². The van der Waals surface area contributed by atoms with Crippen LogP contribution in [0.5, 0.6) is 5.75 Å². The molecule has 0 saturated heterocycles. The Morgan fingerprint density at radius 1 is 1.03 bits per heavy atom. The highest BCUT2D eigenvalue weighted by molar-refractivity contribution is 5.97. The second kappa shape index (κ2) is 10.4. The van der Waals surface area contributed by atoms with Gasteiger partial charge in [-0.3, -0.25) is 10.1 Å². The van der Waals surface area contributed by atoms with E-state index in [2.05, 4.69) is 10.6 Å². The molecular formula is C22H23FN2O5. The highest BCUT2D eigenvalue weighted by Gasteiger charge is 2.19. The van der Waals surface area contributed by atoms with E-state index in [1.165, 1.54) is 24.3 Å². The maximum absolute atomic E-state index is 12.9. The van der Waals surface area contributed by atoms with Gasteiger partial charge in [0.25, 0.3) is 5.91 Å². The minimum atomic E-state index is -0.714. The first-order chi connectivity index (χ1) is 14.5. The van der Waals surface area contributed by atoms with E-state index in [1.807, 2.05) is 0 Å². The molecule has 0 bridgehead atoms. The van der Waals surface area contributed by atoms with Gasteiger partial charge in [0.2, 0.25) is 0 Å². The number of amides is 3. The van der Waals surface area contributed by atoms with Crippen LogP contribution in [0.3, 0.4) is 0 Å². The van der Waals surface area contributed by atoms with E-state index in [0.717, 1.165) is 31.2 Å². The van der Waals surface area contributed by atoms with Crippen molar-refractivity contribution in [1.29, 1.82) is 0 Å². The van der Waals surface area contributed by atoms with Crippen molar-refractivity contribution in [2.24, 2.45) is 0 Å². The third kappa shape index (κ3) is 6.58. The van der Waals surface area contributed by atoms with Gasteiger partial charge in [-0.1, -0.05) is 31.0 Å². The maximum Gasteiger partial charge on any atom is 0.338 e. The number of imide groups is 1. The molecule has 7 nitrogen and oxygen atoms in total. The summed E-state index contributed by atoms with van der Waals surface area (Å²) in [5, 5.41) is 4.87. The highest BCUT2D eigenvalue weighted by atomic mass is 19.1. The summed E-state index contributed by atoms with van der Waals surface area (Å²) in [5.41, 5.74) is 0.978. The number of urea groups is 1. The summed E-state index contributed by atoms with van der Waals surface area (Å²) in [5.74, 6) is -1.33. The number of carbonyl (C=O) groups is 3. The van der Waals surface area contributed by atoms with Gasteiger partial charge in [-0.2, -0.15) is 0 Å². The van der Waals surface area contributed by atoms with Crippen LogP contribution in [0.4, 0.5) is 9.18 Å². The highest BCUT2D eigenvalue weighted by Crippen LogP contribution is 2.18. The fourth-order valence-corrected chi connectivity index (χ4v) is 3.13. The van der Waals surface area contributed by atoms with Crippen molar-refractivity contribution in [2.45, 2.75) is 38.3 Å². The van der Waals surface area contributed by atoms with Gasteiger partial charge in [-0.05, 0) is 48.7 Å². The maximum atomic E-state index is 12.9. The van der Waals surface area contributed by atoms with Crippen LogP contribution in [0.15, 0.2) is 48.5 Å². The Morgan fingerprint density at radius 2 is 1.77 bits per heavy atom. The van der Waals surface area contributed by atoms with Crippen LogP contribution in [-0.2, 0) is 16.1 Å². The number of benzene rings is 2. The summed E-state index contributed by atoms with van der Waals surface area (Å²) in [6.07, 6.45) is 3.92. The Balaban J connectivity index is 1.44. The zero-order chi connectivity index (χ0) is 21.3. The number of rotatable bonds is 7. The SMILES string of the molecule is O=C(COC(=O)c1cccc(OCc2ccc(F)cc2)c1)NC(=O)NC1CCCC1. The first kappa shape index (κ1) is 21.3. The fraction of sp³-hybridized carbons (Fsp3) is 0.318. The number of carbonyl (C=O) groups excluding carboxylic acids is 3. The van der Waals surface area contributed by atoms with Crippen LogP contribution in [0, 0.1) is 5.82 Å². The molecule has 1 fully saturated rings. The number of halogens is 1. The number of hydrogen-bond acceptors (Lipinski definition) is 5. The summed E-state index contributed by atoms with van der Waals surface area (Å²) >= 11 is 0. The monoisotopic (exact) mass is 414 g/mol. The summed E-state index contributed by atoms with van der Waals surface area (Å²) in [6, 6.07) is 11.7. The van der Waals surface area contributed by atoms with Crippen molar-refractivity contribution in [3.8, 4) is 5.75 Å². The molecule has 1 saturated carbocycles. The Kier molecular flexibility index (Phi) is 7.37. The standard InChI is InChI=1S/C22H23FN2O5/c23-17-10-8-15(9-11-17)13-29-19-7-3-4-16(12-19)21(27)30-14-20(26)25-22(28)24-18-5-1-2-6-18/h3-4,7-12,18H,1-2,5-6,13-14H2,(H2,24,25,26,28). The molecule has 158 valence electrons. The van der Waals surface area contributed by atoms with E-state index < -0.39 is 24.5 Å². The predicted octanol–water partition coefficient (Wildman–Crippen LogP) is 3.33. The molecule has 2 aromatic rings. The zero-order valence-electron chi connectivity index (χ0n) is 16.4. The Bertz CT molecular complexity index is 895. The molecule has 2 N–H and O–H groups in total. The van der Waals surface area contributed by atoms with Gasteiger partial charge >= 0.3 is 12.0 Å². The number of nitrogens with one attached hydrogen (secondary N) is 2. The average Bonchev–Trinajstić information content (AvgIpc) is 3.24. The van der Waals surface area contributed by atoms with E-state index in [1.54, 1.807) is 24.3 Å². The van der Waals surface area contributed by atoms with Crippen molar-refractivity contribution >= 4 is 17.9 Å². The van der Waals surface area contributed by atoms with Crippen LogP contribution >= 0.6 is 0 Å². The predicted molar refractivity (Wildman–Crippen MR) is 106 cm³/mol. The molecule has 0 unspecified atom stereocenters. The van der Waals surface area contributed by atoms with Crippen LogP contribution in [0.1, 0.15) is 41.6 Å². The van der Waals surface area contributed by atoms with Crippen molar-refractivity contribution in [2.75, 3.05) is 6.61 Å². The molecule has 0 radical (unpaired) electrons. The molecule has 0 aliphatic heterocycles. The van der Waals surface area contributed by atoms with Gasteiger partial charge in [-0.25, -0.2) is 14.0 Å². The third-order valence-electron chi connectivity index (χ3n) is 4.67. The molecule has 1 aliphatic carbocycles. The fourth-order valence-electron chi connectivity index (χ4n) is 3.13.